The Hall–Kier alpha value is -1.81. The number of hydrogen-bond acceptors (Lipinski definition) is 3. The fourth-order valence-corrected chi connectivity index (χ4v) is 2.37. The molecule has 4 heteroatoms. The molecule has 1 N–H and O–H groups in total. The van der Waals surface area contributed by atoms with Gasteiger partial charge < -0.3 is 9.73 Å². The zero-order valence-corrected chi connectivity index (χ0v) is 10.8. The summed E-state index contributed by atoms with van der Waals surface area (Å²) in [6.45, 7) is 4.17. The largest absolute Gasteiger partial charge is 0.464 e. The van der Waals surface area contributed by atoms with Crippen LogP contribution in [0, 0.1) is 0 Å². The van der Waals surface area contributed by atoms with E-state index in [0.717, 1.165) is 16.2 Å². The van der Waals surface area contributed by atoms with Crippen LogP contribution >= 0.6 is 11.3 Å². The van der Waals surface area contributed by atoms with E-state index in [1.807, 2.05) is 23.6 Å². The molecule has 0 aliphatic heterocycles. The number of hydrogen-bond donors (Lipinski definition) is 1. The fourth-order valence-electron chi connectivity index (χ4n) is 1.55. The molecule has 0 saturated carbocycles. The van der Waals surface area contributed by atoms with Crippen molar-refractivity contribution in [3.63, 3.8) is 0 Å². The molecule has 0 atom stereocenters. The van der Waals surface area contributed by atoms with Crippen molar-refractivity contribution in [1.29, 1.82) is 0 Å². The molecule has 0 fully saturated rings. The fraction of sp³-hybridized carbons (Fsp3) is 0.214. The molecule has 2 aromatic rings. The number of amides is 1. The molecule has 18 heavy (non-hydrogen) atoms. The van der Waals surface area contributed by atoms with E-state index in [1.54, 1.807) is 23.7 Å². The molecule has 0 unspecified atom stereocenters. The molecule has 3 nitrogen and oxygen atoms in total. The average Bonchev–Trinajstić information content (AvgIpc) is 3.03. The molecule has 0 saturated heterocycles. The molecule has 0 aliphatic rings. The highest BCUT2D eigenvalue weighted by Gasteiger charge is 2.06. The van der Waals surface area contributed by atoms with Crippen LogP contribution in [0.25, 0.3) is 11.3 Å². The van der Waals surface area contributed by atoms with Crippen molar-refractivity contribution in [1.82, 2.24) is 5.32 Å². The number of thiophene rings is 1. The van der Waals surface area contributed by atoms with E-state index in [1.165, 1.54) is 0 Å². The Balaban J connectivity index is 1.87. The van der Waals surface area contributed by atoms with E-state index in [0.29, 0.717) is 19.4 Å². The highest BCUT2D eigenvalue weighted by Crippen LogP contribution is 2.25. The first-order chi connectivity index (χ1) is 8.79. The summed E-state index contributed by atoms with van der Waals surface area (Å²) in [6.07, 6.45) is 4.62. The number of carbonyl (C=O) groups is 1. The Morgan fingerprint density at radius 1 is 1.56 bits per heavy atom. The molecular formula is C14H15NO2S. The van der Waals surface area contributed by atoms with Gasteiger partial charge in [0.25, 0.3) is 0 Å². The first kappa shape index (κ1) is 12.6. The second-order valence-corrected chi connectivity index (χ2v) is 4.88. The van der Waals surface area contributed by atoms with Crippen LogP contribution in [0.4, 0.5) is 0 Å². The SMILES string of the molecule is C=CCCC(=O)NCc1cc(-c2ccco2)cs1. The predicted octanol–water partition coefficient (Wildman–Crippen LogP) is 3.59. The third-order valence-electron chi connectivity index (χ3n) is 2.49. The van der Waals surface area contributed by atoms with Crippen molar-refractivity contribution in [2.45, 2.75) is 19.4 Å². The van der Waals surface area contributed by atoms with Gasteiger partial charge in [0.15, 0.2) is 0 Å². The van der Waals surface area contributed by atoms with Gasteiger partial charge in [-0.2, -0.15) is 0 Å². The zero-order chi connectivity index (χ0) is 12.8. The van der Waals surface area contributed by atoms with Crippen molar-refractivity contribution in [2.75, 3.05) is 0 Å². The Morgan fingerprint density at radius 2 is 2.44 bits per heavy atom. The monoisotopic (exact) mass is 261 g/mol. The van der Waals surface area contributed by atoms with Gasteiger partial charge in [-0.05, 0) is 24.6 Å². The summed E-state index contributed by atoms with van der Waals surface area (Å²) in [5.41, 5.74) is 1.06. The number of allylic oxidation sites excluding steroid dienone is 1. The quantitative estimate of drug-likeness (QED) is 0.807. The Kier molecular flexibility index (Phi) is 4.36. The number of nitrogens with one attached hydrogen (secondary N) is 1. The van der Waals surface area contributed by atoms with Gasteiger partial charge >= 0.3 is 0 Å². The topological polar surface area (TPSA) is 42.2 Å². The number of rotatable bonds is 6. The van der Waals surface area contributed by atoms with Gasteiger partial charge in [-0.1, -0.05) is 6.08 Å². The minimum Gasteiger partial charge on any atom is -0.464 e. The standard InChI is InChI=1S/C14H15NO2S/c1-2-3-6-14(16)15-9-12-8-11(10-18-12)13-5-4-7-17-13/h2,4-5,7-8,10H,1,3,6,9H2,(H,15,16). The van der Waals surface area contributed by atoms with E-state index < -0.39 is 0 Å². The lowest BCUT2D eigenvalue weighted by molar-refractivity contribution is -0.121. The van der Waals surface area contributed by atoms with Crippen LogP contribution in [0.5, 0.6) is 0 Å². The summed E-state index contributed by atoms with van der Waals surface area (Å²) in [7, 11) is 0. The third-order valence-corrected chi connectivity index (χ3v) is 3.43. The van der Waals surface area contributed by atoms with Gasteiger partial charge in [0.2, 0.25) is 5.91 Å². The summed E-state index contributed by atoms with van der Waals surface area (Å²) in [5, 5.41) is 4.92. The molecule has 2 rings (SSSR count). The Morgan fingerprint density at radius 3 is 3.17 bits per heavy atom. The lowest BCUT2D eigenvalue weighted by Crippen LogP contribution is -2.21. The Labute approximate surface area is 110 Å². The van der Waals surface area contributed by atoms with Crippen LogP contribution in [0.1, 0.15) is 17.7 Å². The number of carbonyl (C=O) groups excluding carboxylic acids is 1. The average molecular weight is 261 g/mol. The molecule has 0 bridgehead atoms. The predicted molar refractivity (Wildman–Crippen MR) is 73.3 cm³/mol. The molecule has 0 spiro atoms. The van der Waals surface area contributed by atoms with Crippen LogP contribution in [-0.4, -0.2) is 5.91 Å². The summed E-state index contributed by atoms with van der Waals surface area (Å²) < 4.78 is 5.32. The van der Waals surface area contributed by atoms with Crippen molar-refractivity contribution in [3.05, 3.63) is 47.4 Å². The highest BCUT2D eigenvalue weighted by molar-refractivity contribution is 7.10. The first-order valence-corrected chi connectivity index (χ1v) is 6.66. The van der Waals surface area contributed by atoms with Crippen molar-refractivity contribution < 1.29 is 9.21 Å². The molecule has 0 aromatic carbocycles. The van der Waals surface area contributed by atoms with Crippen LogP contribution in [0.3, 0.4) is 0 Å². The van der Waals surface area contributed by atoms with Crippen LogP contribution in [0.2, 0.25) is 0 Å². The van der Waals surface area contributed by atoms with Gasteiger partial charge in [-0.3, -0.25) is 4.79 Å². The summed E-state index contributed by atoms with van der Waals surface area (Å²) >= 11 is 1.62. The third kappa shape index (κ3) is 3.34. The van der Waals surface area contributed by atoms with E-state index in [2.05, 4.69) is 11.9 Å². The maximum atomic E-state index is 11.4. The van der Waals surface area contributed by atoms with Crippen LogP contribution in [-0.2, 0) is 11.3 Å². The van der Waals surface area contributed by atoms with E-state index in [9.17, 15) is 4.79 Å². The highest BCUT2D eigenvalue weighted by atomic mass is 32.1. The summed E-state index contributed by atoms with van der Waals surface area (Å²) in [4.78, 5) is 12.6. The van der Waals surface area contributed by atoms with E-state index >= 15 is 0 Å². The van der Waals surface area contributed by atoms with Crippen molar-refractivity contribution >= 4 is 17.2 Å². The lowest BCUT2D eigenvalue weighted by Gasteiger charge is -2.01. The van der Waals surface area contributed by atoms with Gasteiger partial charge in [-0.15, -0.1) is 17.9 Å². The minimum absolute atomic E-state index is 0.0582. The van der Waals surface area contributed by atoms with Crippen molar-refractivity contribution in [3.8, 4) is 11.3 Å². The van der Waals surface area contributed by atoms with Crippen LogP contribution in [0.15, 0.2) is 46.9 Å². The normalized spacial score (nSPS) is 10.2. The molecule has 94 valence electrons. The lowest BCUT2D eigenvalue weighted by atomic mass is 10.2. The molecule has 0 aliphatic carbocycles. The molecule has 1 amide bonds. The van der Waals surface area contributed by atoms with E-state index in [4.69, 9.17) is 4.42 Å². The molecular weight excluding hydrogens is 246 g/mol. The minimum atomic E-state index is 0.0582. The molecule has 0 radical (unpaired) electrons. The summed E-state index contributed by atoms with van der Waals surface area (Å²) in [5.74, 6) is 0.915. The summed E-state index contributed by atoms with van der Waals surface area (Å²) in [6, 6.07) is 5.83. The maximum absolute atomic E-state index is 11.4. The first-order valence-electron chi connectivity index (χ1n) is 5.78. The smallest absolute Gasteiger partial charge is 0.220 e. The van der Waals surface area contributed by atoms with E-state index in [-0.39, 0.29) is 5.91 Å². The van der Waals surface area contributed by atoms with Gasteiger partial charge in [-0.25, -0.2) is 0 Å². The number of furan rings is 1. The zero-order valence-electron chi connectivity index (χ0n) is 10.0. The Bertz CT molecular complexity index is 514. The van der Waals surface area contributed by atoms with Crippen molar-refractivity contribution in [2.24, 2.45) is 0 Å². The second kappa shape index (κ2) is 6.21. The van der Waals surface area contributed by atoms with Gasteiger partial charge in [0, 0.05) is 22.2 Å². The second-order valence-electron chi connectivity index (χ2n) is 3.88. The molecule has 2 heterocycles. The van der Waals surface area contributed by atoms with Crippen LogP contribution < -0.4 is 5.32 Å². The van der Waals surface area contributed by atoms with Gasteiger partial charge in [0.1, 0.15) is 5.76 Å². The molecule has 2 aromatic heterocycles. The maximum Gasteiger partial charge on any atom is 0.220 e. The van der Waals surface area contributed by atoms with Gasteiger partial charge in [0.05, 0.1) is 12.8 Å².